The van der Waals surface area contributed by atoms with Crippen LogP contribution in [0.15, 0.2) is 24.3 Å². The van der Waals surface area contributed by atoms with Gasteiger partial charge in [-0.2, -0.15) is 0 Å². The lowest BCUT2D eigenvalue weighted by Gasteiger charge is -2.26. The summed E-state index contributed by atoms with van der Waals surface area (Å²) in [6.07, 6.45) is -0.691. The predicted molar refractivity (Wildman–Crippen MR) is 66.1 cm³/mol. The zero-order valence-corrected chi connectivity index (χ0v) is 10.7. The zero-order valence-electron chi connectivity index (χ0n) is 10.7. The molecule has 19 heavy (non-hydrogen) atoms. The van der Waals surface area contributed by atoms with Gasteiger partial charge < -0.3 is 22.4 Å². The molecule has 0 saturated heterocycles. The third-order valence-corrected chi connectivity index (χ3v) is 2.69. The summed E-state index contributed by atoms with van der Waals surface area (Å²) >= 11 is 0. The van der Waals surface area contributed by atoms with Crippen molar-refractivity contribution in [3.8, 4) is 5.75 Å². The van der Waals surface area contributed by atoms with Crippen molar-refractivity contribution in [2.75, 3.05) is 13.7 Å². The second-order valence-electron chi connectivity index (χ2n) is 4.01. The first-order chi connectivity index (χ1) is 8.88. The van der Waals surface area contributed by atoms with Gasteiger partial charge in [-0.1, -0.05) is 17.7 Å². The third-order valence-electron chi connectivity index (χ3n) is 2.69. The molecule has 0 radical (unpaired) electrons. The van der Waals surface area contributed by atoms with Crippen LogP contribution in [0, 0.1) is 0 Å². The van der Waals surface area contributed by atoms with Gasteiger partial charge in [-0.15, -0.1) is 0 Å². The highest BCUT2D eigenvalue weighted by Crippen LogP contribution is 2.34. The van der Waals surface area contributed by atoms with Crippen molar-refractivity contribution in [3.63, 3.8) is 0 Å². The van der Waals surface area contributed by atoms with Crippen LogP contribution in [0.1, 0.15) is 24.7 Å². The molecule has 1 unspecified atom stereocenters. The summed E-state index contributed by atoms with van der Waals surface area (Å²) in [5, 5.41) is 0. The maximum Gasteiger partial charge on any atom is 0.486 e. The summed E-state index contributed by atoms with van der Waals surface area (Å²) in [6, 6.07) is 5.51. The molecule has 0 spiro atoms. The number of esters is 1. The lowest BCUT2D eigenvalue weighted by Crippen LogP contribution is -2.30. The van der Waals surface area contributed by atoms with Gasteiger partial charge >= 0.3 is 12.9 Å². The Hall–Kier alpha value is -1.66. The minimum absolute atomic E-state index is 0.0429. The smallest absolute Gasteiger partial charge is 0.486 e. The van der Waals surface area contributed by atoms with Crippen LogP contribution in [-0.2, 0) is 9.53 Å². The van der Waals surface area contributed by atoms with E-state index < -0.39 is 25.2 Å². The number of benzene rings is 1. The molecule has 7 heteroatoms. The van der Waals surface area contributed by atoms with Gasteiger partial charge in [-0.05, 0) is 24.9 Å². The highest BCUT2D eigenvalue weighted by Gasteiger charge is 2.37. The molecule has 0 aromatic heterocycles. The summed E-state index contributed by atoms with van der Waals surface area (Å²) < 4.78 is 48.5. The van der Waals surface area contributed by atoms with E-state index in [1.54, 1.807) is 6.92 Å². The fraction of sp³-hybridized carbons (Fsp3) is 0.417. The van der Waals surface area contributed by atoms with Crippen molar-refractivity contribution in [3.05, 3.63) is 29.8 Å². The fourth-order valence-corrected chi connectivity index (χ4v) is 1.72. The van der Waals surface area contributed by atoms with E-state index in [2.05, 4.69) is 4.74 Å². The van der Waals surface area contributed by atoms with E-state index in [9.17, 15) is 17.7 Å². The summed E-state index contributed by atoms with van der Waals surface area (Å²) in [5.41, 5.74) is 0.0429. The average Bonchev–Trinajstić information content (AvgIpc) is 2.35. The van der Waals surface area contributed by atoms with Crippen molar-refractivity contribution in [1.82, 2.24) is 0 Å². The van der Waals surface area contributed by atoms with Gasteiger partial charge in [0.25, 0.3) is 0 Å². The number of rotatable bonds is 6. The lowest BCUT2D eigenvalue weighted by atomic mass is 9.67. The number of hydrogen-bond acceptors (Lipinski definition) is 3. The molecule has 0 fully saturated rings. The van der Waals surface area contributed by atoms with Crippen molar-refractivity contribution < 1.29 is 27.2 Å². The Morgan fingerprint density at radius 2 is 1.84 bits per heavy atom. The van der Waals surface area contributed by atoms with E-state index in [1.807, 2.05) is 0 Å². The number of ether oxygens (including phenoxy) is 2. The van der Waals surface area contributed by atoms with Crippen molar-refractivity contribution in [2.45, 2.75) is 19.2 Å². The minimum Gasteiger partial charge on any atom is -0.497 e. The molecule has 106 valence electrons. The van der Waals surface area contributed by atoms with E-state index in [1.165, 1.54) is 31.4 Å². The van der Waals surface area contributed by atoms with Crippen LogP contribution in [-0.4, -0.2) is 26.7 Å². The molecular formula is C12H15BF3O3-. The topological polar surface area (TPSA) is 35.5 Å². The molecule has 0 aliphatic rings. The van der Waals surface area contributed by atoms with Crippen molar-refractivity contribution in [1.29, 1.82) is 0 Å². The van der Waals surface area contributed by atoms with Crippen molar-refractivity contribution >= 4 is 12.9 Å². The Kier molecular flexibility index (Phi) is 5.26. The van der Waals surface area contributed by atoms with Gasteiger partial charge in [-0.3, -0.25) is 4.79 Å². The monoisotopic (exact) mass is 275 g/mol. The van der Waals surface area contributed by atoms with Crippen LogP contribution in [0.25, 0.3) is 0 Å². The molecule has 1 aromatic rings. The second kappa shape index (κ2) is 6.49. The van der Waals surface area contributed by atoms with Crippen LogP contribution in [0.5, 0.6) is 5.75 Å². The van der Waals surface area contributed by atoms with Gasteiger partial charge in [-0.25, -0.2) is 0 Å². The molecule has 0 amide bonds. The van der Waals surface area contributed by atoms with Gasteiger partial charge in [0.15, 0.2) is 0 Å². The summed E-state index contributed by atoms with van der Waals surface area (Å²) in [7, 11) is 1.43. The first-order valence-corrected chi connectivity index (χ1v) is 5.88. The number of hydrogen-bond donors (Lipinski definition) is 0. The molecule has 0 N–H and O–H groups in total. The van der Waals surface area contributed by atoms with E-state index in [4.69, 9.17) is 4.74 Å². The highest BCUT2D eigenvalue weighted by atomic mass is 19.4. The maximum atomic E-state index is 13.0. The standard InChI is InChI=1S/C12H15BF3O3/c1-3-19-12(17)8-11(13(14,15)16)9-4-6-10(18-2)7-5-9/h4-7,11H,3,8H2,1-2H3/q-1. The van der Waals surface area contributed by atoms with Crippen LogP contribution >= 0.6 is 0 Å². The van der Waals surface area contributed by atoms with Crippen LogP contribution in [0.3, 0.4) is 0 Å². The fourth-order valence-electron chi connectivity index (χ4n) is 1.72. The van der Waals surface area contributed by atoms with E-state index in [0.717, 1.165) is 0 Å². The Balaban J connectivity index is 2.93. The van der Waals surface area contributed by atoms with Crippen LogP contribution < -0.4 is 4.74 Å². The third kappa shape index (κ3) is 4.50. The zero-order chi connectivity index (χ0) is 14.5. The molecule has 0 saturated carbocycles. The second-order valence-corrected chi connectivity index (χ2v) is 4.01. The van der Waals surface area contributed by atoms with Crippen LogP contribution in [0.4, 0.5) is 12.9 Å². The maximum absolute atomic E-state index is 13.0. The molecule has 1 aromatic carbocycles. The molecule has 1 atom stereocenters. The van der Waals surface area contributed by atoms with Gasteiger partial charge in [0.05, 0.1) is 13.7 Å². The molecule has 0 aliphatic heterocycles. The number of carbonyl (C=O) groups excluding carboxylic acids is 1. The average molecular weight is 275 g/mol. The lowest BCUT2D eigenvalue weighted by molar-refractivity contribution is -0.143. The quantitative estimate of drug-likeness (QED) is 0.591. The molecule has 1 rings (SSSR count). The number of carbonyl (C=O) groups is 1. The molecule has 0 bridgehead atoms. The van der Waals surface area contributed by atoms with Gasteiger partial charge in [0, 0.05) is 6.42 Å². The first kappa shape index (κ1) is 15.4. The highest BCUT2D eigenvalue weighted by molar-refractivity contribution is 6.60. The number of methoxy groups -OCH3 is 1. The van der Waals surface area contributed by atoms with E-state index in [-0.39, 0.29) is 12.2 Å². The summed E-state index contributed by atoms with van der Waals surface area (Å²) in [4.78, 5) is 11.3. The Morgan fingerprint density at radius 1 is 1.26 bits per heavy atom. The molecule has 0 heterocycles. The molecular weight excluding hydrogens is 260 g/mol. The molecule has 0 aliphatic carbocycles. The van der Waals surface area contributed by atoms with Gasteiger partial charge in [0.2, 0.25) is 0 Å². The Morgan fingerprint density at radius 3 is 2.26 bits per heavy atom. The van der Waals surface area contributed by atoms with Gasteiger partial charge in [0.1, 0.15) is 5.75 Å². The summed E-state index contributed by atoms with van der Waals surface area (Å²) in [5.74, 6) is -2.18. The predicted octanol–water partition coefficient (Wildman–Crippen LogP) is 3.12. The first-order valence-electron chi connectivity index (χ1n) is 5.88. The largest absolute Gasteiger partial charge is 0.497 e. The van der Waals surface area contributed by atoms with Crippen LogP contribution in [0.2, 0.25) is 0 Å². The van der Waals surface area contributed by atoms with E-state index >= 15 is 0 Å². The number of halogens is 3. The van der Waals surface area contributed by atoms with E-state index in [0.29, 0.717) is 5.75 Å². The van der Waals surface area contributed by atoms with Crippen molar-refractivity contribution in [2.24, 2.45) is 0 Å². The minimum atomic E-state index is -5.17. The normalized spacial score (nSPS) is 12.9. The Labute approximate surface area is 109 Å². The molecule has 3 nitrogen and oxygen atoms in total. The SMILES string of the molecule is CCOC(=O)CC(c1ccc(OC)cc1)[B-](F)(F)F. The Bertz CT molecular complexity index is 417. The summed E-state index contributed by atoms with van der Waals surface area (Å²) in [6.45, 7) is -3.55.